The average molecular weight is 578 g/mol. The maximum Gasteiger partial charge on any atom is 0.281 e. The minimum absolute atomic E-state index is 0.0275. The first-order valence-corrected chi connectivity index (χ1v) is 14.0. The van der Waals surface area contributed by atoms with Gasteiger partial charge in [0.25, 0.3) is 5.91 Å². The highest BCUT2D eigenvalue weighted by Gasteiger charge is 2.42. The number of benzene rings is 3. The van der Waals surface area contributed by atoms with Crippen LogP contribution in [0.4, 0.5) is 15.8 Å². The molecule has 0 aliphatic carbocycles. The molecule has 10 heteroatoms. The summed E-state index contributed by atoms with van der Waals surface area (Å²) in [6.45, 7) is 4.30. The largest absolute Gasteiger partial charge is 0.506 e. The minimum Gasteiger partial charge on any atom is -0.506 e. The molecule has 4 aromatic rings. The fourth-order valence-electron chi connectivity index (χ4n) is 4.99. The Kier molecular flexibility index (Phi) is 6.72. The van der Waals surface area contributed by atoms with Crippen molar-refractivity contribution in [2.75, 3.05) is 16.0 Å². The second-order valence-electron chi connectivity index (χ2n) is 10.4. The number of thioether (sulfide) groups is 1. The molecule has 0 radical (unpaired) electrons. The normalized spacial score (nSPS) is 17.9. The lowest BCUT2D eigenvalue weighted by atomic mass is 9.88. The third-order valence-corrected chi connectivity index (χ3v) is 8.85. The van der Waals surface area contributed by atoms with Crippen molar-refractivity contribution < 1.29 is 23.4 Å². The molecule has 0 spiro atoms. The van der Waals surface area contributed by atoms with Crippen molar-refractivity contribution in [2.45, 2.75) is 26.3 Å². The molecule has 0 saturated carbocycles. The van der Waals surface area contributed by atoms with Crippen LogP contribution in [0.5, 0.6) is 17.2 Å². The highest BCUT2D eigenvalue weighted by Crippen LogP contribution is 2.54. The molecule has 2 N–H and O–H groups in total. The molecule has 0 saturated heterocycles. The van der Waals surface area contributed by atoms with Gasteiger partial charge in [0.15, 0.2) is 12.1 Å². The quantitative estimate of drug-likeness (QED) is 0.237. The third kappa shape index (κ3) is 4.80. The number of oxazole rings is 1. The maximum atomic E-state index is 16.1. The molecule has 1 unspecified atom stereocenters. The summed E-state index contributed by atoms with van der Waals surface area (Å²) in [5.41, 5.74) is 1.83. The number of amides is 1. The number of allylic oxidation sites excluding steroid dienone is 1. The summed E-state index contributed by atoms with van der Waals surface area (Å²) >= 11 is 7.80. The lowest BCUT2D eigenvalue weighted by Gasteiger charge is -2.37. The number of nitrogens with one attached hydrogen (secondary N) is 1. The van der Waals surface area contributed by atoms with E-state index in [1.165, 1.54) is 23.6 Å². The Morgan fingerprint density at radius 2 is 2.05 bits per heavy atom. The Morgan fingerprint density at radius 3 is 2.80 bits per heavy atom. The van der Waals surface area contributed by atoms with Crippen molar-refractivity contribution in [2.24, 2.45) is 5.41 Å². The van der Waals surface area contributed by atoms with E-state index >= 15 is 4.39 Å². The van der Waals surface area contributed by atoms with Gasteiger partial charge < -0.3 is 19.6 Å². The fourth-order valence-corrected chi connectivity index (χ4v) is 6.50. The highest BCUT2D eigenvalue weighted by atomic mass is 35.5. The van der Waals surface area contributed by atoms with Gasteiger partial charge >= 0.3 is 0 Å². The van der Waals surface area contributed by atoms with E-state index in [1.54, 1.807) is 66.4 Å². The van der Waals surface area contributed by atoms with Gasteiger partial charge in [-0.1, -0.05) is 43.6 Å². The molecule has 0 bridgehead atoms. The summed E-state index contributed by atoms with van der Waals surface area (Å²) in [6, 6.07) is 15.6. The van der Waals surface area contributed by atoms with Crippen LogP contribution < -0.4 is 15.0 Å². The second-order valence-corrected chi connectivity index (χ2v) is 11.9. The molecular formula is C30H25ClFN3O4S. The smallest absolute Gasteiger partial charge is 0.281 e. The number of phenolic OH excluding ortho intramolecular Hbond substituents is 1. The minimum atomic E-state index is -0.856. The summed E-state index contributed by atoms with van der Waals surface area (Å²) in [7, 11) is 0. The average Bonchev–Trinajstić information content (AvgIpc) is 3.41. The van der Waals surface area contributed by atoms with Crippen LogP contribution in [0.2, 0.25) is 5.02 Å². The van der Waals surface area contributed by atoms with Crippen LogP contribution in [0.25, 0.3) is 0 Å². The molecular weight excluding hydrogens is 553 g/mol. The zero-order valence-electron chi connectivity index (χ0n) is 21.7. The van der Waals surface area contributed by atoms with Gasteiger partial charge in [-0.25, -0.2) is 9.37 Å². The molecule has 2 aliphatic heterocycles. The Bertz CT molecular complexity index is 1640. The van der Waals surface area contributed by atoms with Crippen molar-refractivity contribution >= 4 is 40.6 Å². The van der Waals surface area contributed by atoms with Gasteiger partial charge in [0, 0.05) is 28.0 Å². The van der Waals surface area contributed by atoms with Crippen LogP contribution in [-0.2, 0) is 0 Å². The van der Waals surface area contributed by atoms with E-state index in [0.717, 1.165) is 16.4 Å². The first-order chi connectivity index (χ1) is 19.2. The molecule has 6 rings (SSSR count). The van der Waals surface area contributed by atoms with Crippen LogP contribution in [0.3, 0.4) is 0 Å². The van der Waals surface area contributed by atoms with Crippen molar-refractivity contribution in [1.29, 1.82) is 0 Å². The number of anilines is 2. The number of rotatable bonds is 4. The number of aromatic nitrogens is 1. The molecule has 3 heterocycles. The first kappa shape index (κ1) is 26.3. The summed E-state index contributed by atoms with van der Waals surface area (Å²) < 4.78 is 27.1. The number of nitrogens with zero attached hydrogens (tertiary/aromatic N) is 2. The molecule has 2 aliphatic rings. The lowest BCUT2D eigenvalue weighted by molar-refractivity contribution is 0.0975. The molecule has 0 fully saturated rings. The third-order valence-electron chi connectivity index (χ3n) is 6.83. The molecule has 3 aromatic carbocycles. The van der Waals surface area contributed by atoms with Gasteiger partial charge in [-0.3, -0.25) is 9.69 Å². The van der Waals surface area contributed by atoms with Crippen molar-refractivity contribution in [1.82, 2.24) is 4.98 Å². The molecule has 1 amide bonds. The van der Waals surface area contributed by atoms with Gasteiger partial charge in [0.1, 0.15) is 35.0 Å². The van der Waals surface area contributed by atoms with E-state index in [2.05, 4.69) is 24.1 Å². The van der Waals surface area contributed by atoms with E-state index < -0.39 is 17.8 Å². The molecule has 1 atom stereocenters. The Labute approximate surface area is 239 Å². The Morgan fingerprint density at radius 1 is 1.23 bits per heavy atom. The summed E-state index contributed by atoms with van der Waals surface area (Å²) in [5.74, 6) is 0.335. The Hall–Kier alpha value is -3.95. The van der Waals surface area contributed by atoms with E-state index in [-0.39, 0.29) is 28.2 Å². The monoisotopic (exact) mass is 577 g/mol. The van der Waals surface area contributed by atoms with Gasteiger partial charge in [-0.2, -0.15) is 0 Å². The number of carbonyl (C=O) groups is 1. The fraction of sp³-hybridized carbons (Fsp3) is 0.200. The maximum absolute atomic E-state index is 16.1. The zero-order valence-corrected chi connectivity index (χ0v) is 23.2. The topological polar surface area (TPSA) is 87.8 Å². The number of aromatic hydroxyl groups is 1. The molecule has 40 heavy (non-hydrogen) atoms. The Balaban J connectivity index is 1.53. The number of ether oxygens (including phenoxy) is 1. The highest BCUT2D eigenvalue weighted by molar-refractivity contribution is 8.03. The SMILES string of the molecule is CC1(C)CSC2=C(C1)Nc1c(O)cccc1N(C(=O)c1cocn1)C2c1ccc(Oc2ccccc2Cl)cc1F. The summed E-state index contributed by atoms with van der Waals surface area (Å²) in [4.78, 5) is 20.4. The molecule has 7 nitrogen and oxygen atoms in total. The standard InChI is InChI=1S/C30H25ClFN3O4S/c1-30(2)13-21-28(40-15-30)27(18-11-10-17(12-20(18)32)39-25-9-4-3-6-19(25)31)35(29(37)22-14-38-16-33-22)23-7-5-8-24(36)26(23)34-21/h3-12,14,16,27,34,36H,13,15H2,1-2H3. The predicted octanol–water partition coefficient (Wildman–Crippen LogP) is 8.15. The number of fused-ring (bicyclic) bond motifs is 1. The van der Waals surface area contributed by atoms with E-state index in [4.69, 9.17) is 20.8 Å². The second kappa shape index (κ2) is 10.2. The summed E-state index contributed by atoms with van der Waals surface area (Å²) in [5, 5.41) is 14.7. The number of halogens is 2. The van der Waals surface area contributed by atoms with E-state index in [9.17, 15) is 9.90 Å². The van der Waals surface area contributed by atoms with Gasteiger partial charge in [0.05, 0.1) is 16.8 Å². The van der Waals surface area contributed by atoms with Crippen LogP contribution in [-0.4, -0.2) is 21.8 Å². The number of para-hydroxylation sites is 2. The van der Waals surface area contributed by atoms with E-state index in [1.807, 2.05) is 0 Å². The predicted molar refractivity (Wildman–Crippen MR) is 154 cm³/mol. The lowest BCUT2D eigenvalue weighted by Crippen LogP contribution is -2.37. The van der Waals surface area contributed by atoms with Gasteiger partial charge in [-0.15, -0.1) is 11.8 Å². The molecule has 204 valence electrons. The van der Waals surface area contributed by atoms with Crippen LogP contribution in [0.15, 0.2) is 88.3 Å². The molecule has 1 aromatic heterocycles. The van der Waals surface area contributed by atoms with Crippen molar-refractivity contribution in [3.63, 3.8) is 0 Å². The number of carbonyl (C=O) groups excluding carboxylic acids is 1. The van der Waals surface area contributed by atoms with E-state index in [0.29, 0.717) is 28.6 Å². The van der Waals surface area contributed by atoms with Crippen LogP contribution in [0, 0.1) is 11.2 Å². The first-order valence-electron chi connectivity index (χ1n) is 12.6. The number of hydrogen-bond acceptors (Lipinski definition) is 7. The van der Waals surface area contributed by atoms with Crippen molar-refractivity contribution in [3.8, 4) is 17.2 Å². The van der Waals surface area contributed by atoms with Crippen LogP contribution in [0.1, 0.15) is 42.4 Å². The van der Waals surface area contributed by atoms with Gasteiger partial charge in [0.2, 0.25) is 0 Å². The number of phenols is 1. The van der Waals surface area contributed by atoms with Crippen LogP contribution >= 0.6 is 23.4 Å². The van der Waals surface area contributed by atoms with Gasteiger partial charge in [-0.05, 0) is 48.2 Å². The summed E-state index contributed by atoms with van der Waals surface area (Å²) in [6.07, 6.45) is 3.07. The van der Waals surface area contributed by atoms with Crippen molar-refractivity contribution in [3.05, 3.63) is 106 Å². The number of hydrogen-bond donors (Lipinski definition) is 2. The zero-order chi connectivity index (χ0) is 28.0.